The lowest BCUT2D eigenvalue weighted by molar-refractivity contribution is 0.0696. The maximum Gasteiger partial charge on any atom is 0.335 e. The SMILES string of the molecule is COc1cc(C(=O)Nc2ccc(C(=O)O)cc2)c(Br)c(OC)c1OC. The number of amides is 1. The summed E-state index contributed by atoms with van der Waals surface area (Å²) in [5.41, 5.74) is 0.861. The van der Waals surface area contributed by atoms with Crippen molar-refractivity contribution in [2.75, 3.05) is 26.6 Å². The third-order valence-corrected chi connectivity index (χ3v) is 4.19. The number of rotatable bonds is 6. The Morgan fingerprint density at radius 1 is 1.00 bits per heavy atom. The summed E-state index contributed by atoms with van der Waals surface area (Å²) in [5.74, 6) is -0.430. The molecule has 2 rings (SSSR count). The van der Waals surface area contributed by atoms with Crippen molar-refractivity contribution >= 4 is 33.5 Å². The fourth-order valence-electron chi connectivity index (χ4n) is 2.18. The van der Waals surface area contributed by atoms with Gasteiger partial charge in [-0.3, -0.25) is 4.79 Å². The first-order valence-electron chi connectivity index (χ1n) is 7.06. The zero-order valence-corrected chi connectivity index (χ0v) is 15.3. The molecular formula is C17H16BrNO6. The van der Waals surface area contributed by atoms with Gasteiger partial charge in [-0.1, -0.05) is 0 Å². The number of carboxylic acid groups (broad SMARTS) is 1. The van der Waals surface area contributed by atoms with E-state index >= 15 is 0 Å². The number of hydrogen-bond acceptors (Lipinski definition) is 5. The van der Waals surface area contributed by atoms with Crippen molar-refractivity contribution in [3.8, 4) is 17.2 Å². The van der Waals surface area contributed by atoms with Crippen molar-refractivity contribution in [1.29, 1.82) is 0 Å². The monoisotopic (exact) mass is 409 g/mol. The fourth-order valence-corrected chi connectivity index (χ4v) is 2.82. The van der Waals surface area contributed by atoms with E-state index in [-0.39, 0.29) is 11.1 Å². The quantitative estimate of drug-likeness (QED) is 0.758. The second-order valence-corrected chi connectivity index (χ2v) is 5.64. The van der Waals surface area contributed by atoms with Gasteiger partial charge in [0.05, 0.1) is 36.9 Å². The van der Waals surface area contributed by atoms with E-state index in [2.05, 4.69) is 21.2 Å². The number of nitrogens with one attached hydrogen (secondary N) is 1. The van der Waals surface area contributed by atoms with Crippen LogP contribution >= 0.6 is 15.9 Å². The molecule has 0 atom stereocenters. The highest BCUT2D eigenvalue weighted by atomic mass is 79.9. The van der Waals surface area contributed by atoms with E-state index in [1.165, 1.54) is 51.7 Å². The Morgan fingerprint density at radius 2 is 1.60 bits per heavy atom. The van der Waals surface area contributed by atoms with Crippen molar-refractivity contribution in [1.82, 2.24) is 0 Å². The Hall–Kier alpha value is -2.74. The molecule has 2 N–H and O–H groups in total. The first kappa shape index (κ1) is 18.6. The molecule has 0 aliphatic carbocycles. The summed E-state index contributed by atoms with van der Waals surface area (Å²) < 4.78 is 16.2. The number of halogens is 1. The van der Waals surface area contributed by atoms with Gasteiger partial charge in [0.2, 0.25) is 5.75 Å². The highest BCUT2D eigenvalue weighted by Gasteiger charge is 2.23. The highest BCUT2D eigenvalue weighted by molar-refractivity contribution is 9.10. The van der Waals surface area contributed by atoms with E-state index in [4.69, 9.17) is 19.3 Å². The normalized spacial score (nSPS) is 10.1. The third-order valence-electron chi connectivity index (χ3n) is 3.40. The largest absolute Gasteiger partial charge is 0.493 e. The molecule has 0 heterocycles. The number of carboxylic acids is 1. The summed E-state index contributed by atoms with van der Waals surface area (Å²) in [6, 6.07) is 7.34. The predicted molar refractivity (Wildman–Crippen MR) is 95.2 cm³/mol. The third kappa shape index (κ3) is 3.85. The number of carbonyl (C=O) groups excluding carboxylic acids is 1. The summed E-state index contributed by atoms with van der Waals surface area (Å²) in [5, 5.41) is 11.6. The van der Waals surface area contributed by atoms with Crippen LogP contribution in [0.1, 0.15) is 20.7 Å². The summed E-state index contributed by atoms with van der Waals surface area (Å²) >= 11 is 3.34. The van der Waals surface area contributed by atoms with Crippen LogP contribution in [0, 0.1) is 0 Å². The average Bonchev–Trinajstić information content (AvgIpc) is 2.61. The molecule has 8 heteroatoms. The Morgan fingerprint density at radius 3 is 2.08 bits per heavy atom. The second kappa shape index (κ2) is 7.89. The van der Waals surface area contributed by atoms with Gasteiger partial charge in [0.15, 0.2) is 11.5 Å². The lowest BCUT2D eigenvalue weighted by Crippen LogP contribution is -2.14. The number of aromatic carboxylic acids is 1. The molecule has 1 amide bonds. The standard InChI is InChI=1S/C17H16BrNO6/c1-23-12-8-11(13(18)15(25-3)14(12)24-2)16(20)19-10-6-4-9(5-7-10)17(21)22/h4-8H,1-3H3,(H,19,20)(H,21,22). The number of anilines is 1. The average molecular weight is 410 g/mol. The van der Waals surface area contributed by atoms with E-state index in [9.17, 15) is 9.59 Å². The summed E-state index contributed by atoms with van der Waals surface area (Å²) in [4.78, 5) is 23.4. The minimum Gasteiger partial charge on any atom is -0.493 e. The first-order chi connectivity index (χ1) is 11.9. The van der Waals surface area contributed by atoms with E-state index in [0.717, 1.165) is 0 Å². The molecule has 0 aliphatic heterocycles. The Bertz CT molecular complexity index is 804. The Labute approximate surface area is 152 Å². The molecule has 132 valence electrons. The molecule has 2 aromatic carbocycles. The molecule has 7 nitrogen and oxygen atoms in total. The van der Waals surface area contributed by atoms with Gasteiger partial charge in [-0.2, -0.15) is 0 Å². The van der Waals surface area contributed by atoms with Crippen molar-refractivity contribution in [2.45, 2.75) is 0 Å². The van der Waals surface area contributed by atoms with Crippen molar-refractivity contribution in [3.05, 3.63) is 45.9 Å². The van der Waals surface area contributed by atoms with Crippen LogP contribution in [0.4, 0.5) is 5.69 Å². The molecule has 0 aliphatic rings. The zero-order valence-electron chi connectivity index (χ0n) is 13.8. The minimum absolute atomic E-state index is 0.131. The van der Waals surface area contributed by atoms with Crippen molar-refractivity contribution < 1.29 is 28.9 Å². The predicted octanol–water partition coefficient (Wildman–Crippen LogP) is 3.43. The topological polar surface area (TPSA) is 94.1 Å². The Balaban J connectivity index is 2.37. The van der Waals surface area contributed by atoms with E-state index in [0.29, 0.717) is 27.4 Å². The maximum absolute atomic E-state index is 12.6. The van der Waals surface area contributed by atoms with E-state index < -0.39 is 11.9 Å². The molecule has 25 heavy (non-hydrogen) atoms. The molecule has 0 fully saturated rings. The molecule has 2 aromatic rings. The number of methoxy groups -OCH3 is 3. The molecule has 0 radical (unpaired) electrons. The number of carbonyl (C=O) groups is 2. The molecule has 0 unspecified atom stereocenters. The molecule has 0 saturated carbocycles. The van der Waals surface area contributed by atoms with Crippen LogP contribution < -0.4 is 19.5 Å². The summed E-state index contributed by atoms with van der Waals surface area (Å²) in [7, 11) is 4.38. The Kier molecular flexibility index (Phi) is 5.87. The van der Waals surface area contributed by atoms with Gasteiger partial charge in [0.1, 0.15) is 0 Å². The van der Waals surface area contributed by atoms with Crippen LogP contribution in [0.15, 0.2) is 34.8 Å². The number of ether oxygens (including phenoxy) is 3. The highest BCUT2D eigenvalue weighted by Crippen LogP contribution is 2.44. The van der Waals surface area contributed by atoms with Gasteiger partial charge in [0.25, 0.3) is 5.91 Å². The van der Waals surface area contributed by atoms with Crippen LogP contribution in [-0.4, -0.2) is 38.3 Å². The molecule has 0 bridgehead atoms. The molecule has 0 saturated heterocycles. The van der Waals surface area contributed by atoms with Crippen molar-refractivity contribution in [3.63, 3.8) is 0 Å². The van der Waals surface area contributed by atoms with Gasteiger partial charge in [-0.25, -0.2) is 4.79 Å². The second-order valence-electron chi connectivity index (χ2n) is 4.84. The molecule has 0 aromatic heterocycles. The van der Waals surface area contributed by atoms with E-state index in [1.54, 1.807) is 0 Å². The van der Waals surface area contributed by atoms with Crippen LogP contribution in [0.3, 0.4) is 0 Å². The lowest BCUT2D eigenvalue weighted by atomic mass is 10.1. The lowest BCUT2D eigenvalue weighted by Gasteiger charge is -2.16. The molecule has 0 spiro atoms. The number of hydrogen-bond donors (Lipinski definition) is 2. The van der Waals surface area contributed by atoms with Gasteiger partial charge >= 0.3 is 5.97 Å². The zero-order chi connectivity index (χ0) is 18.6. The number of benzene rings is 2. The van der Waals surface area contributed by atoms with Gasteiger partial charge in [-0.05, 0) is 46.3 Å². The van der Waals surface area contributed by atoms with Crippen LogP contribution in [-0.2, 0) is 0 Å². The smallest absolute Gasteiger partial charge is 0.335 e. The van der Waals surface area contributed by atoms with Crippen LogP contribution in [0.25, 0.3) is 0 Å². The first-order valence-corrected chi connectivity index (χ1v) is 7.85. The van der Waals surface area contributed by atoms with Gasteiger partial charge < -0.3 is 24.6 Å². The fraction of sp³-hybridized carbons (Fsp3) is 0.176. The maximum atomic E-state index is 12.6. The molecular weight excluding hydrogens is 394 g/mol. The van der Waals surface area contributed by atoms with Crippen LogP contribution in [0.2, 0.25) is 0 Å². The van der Waals surface area contributed by atoms with Gasteiger partial charge in [-0.15, -0.1) is 0 Å². The summed E-state index contributed by atoms with van der Waals surface area (Å²) in [6.45, 7) is 0. The minimum atomic E-state index is -1.04. The van der Waals surface area contributed by atoms with Gasteiger partial charge in [0, 0.05) is 5.69 Å². The van der Waals surface area contributed by atoms with E-state index in [1.807, 2.05) is 0 Å². The van der Waals surface area contributed by atoms with Crippen molar-refractivity contribution in [2.24, 2.45) is 0 Å². The summed E-state index contributed by atoms with van der Waals surface area (Å²) in [6.07, 6.45) is 0. The van der Waals surface area contributed by atoms with Crippen LogP contribution in [0.5, 0.6) is 17.2 Å².